The van der Waals surface area contributed by atoms with Gasteiger partial charge in [0, 0.05) is 4.88 Å². The molecule has 3 aromatic heterocycles. The fourth-order valence-electron chi connectivity index (χ4n) is 2.01. The number of carbonyl (C=O) groups is 1. The predicted octanol–water partition coefficient (Wildman–Crippen LogP) is 0.621. The standard InChI is InChI=1S/C11H11N5O2S2/c1-5-3-6-8(20-5)13-10-15(4-7(12)17)14-11(19-2)16(10)9(6)18/h3H,4H2,1-2H3,(H2,12,17). The first-order valence-corrected chi connectivity index (χ1v) is 7.77. The van der Waals surface area contributed by atoms with Crippen molar-refractivity contribution >= 4 is 45.0 Å². The lowest BCUT2D eigenvalue weighted by molar-refractivity contribution is -0.118. The first-order valence-electron chi connectivity index (χ1n) is 5.73. The van der Waals surface area contributed by atoms with Gasteiger partial charge in [-0.2, -0.15) is 0 Å². The highest BCUT2D eigenvalue weighted by atomic mass is 32.2. The van der Waals surface area contributed by atoms with Crippen LogP contribution in [0.2, 0.25) is 0 Å². The Morgan fingerprint density at radius 2 is 2.30 bits per heavy atom. The fourth-order valence-corrected chi connectivity index (χ4v) is 3.41. The molecule has 3 rings (SSSR count). The summed E-state index contributed by atoms with van der Waals surface area (Å²) in [4.78, 5) is 29.7. The van der Waals surface area contributed by atoms with Gasteiger partial charge in [-0.25, -0.2) is 14.1 Å². The summed E-state index contributed by atoms with van der Waals surface area (Å²) in [5.74, 6) is -0.188. The van der Waals surface area contributed by atoms with Gasteiger partial charge in [-0.3, -0.25) is 9.59 Å². The van der Waals surface area contributed by atoms with Crippen LogP contribution in [-0.2, 0) is 11.3 Å². The molecule has 0 aliphatic heterocycles. The number of aromatic nitrogens is 4. The van der Waals surface area contributed by atoms with Crippen molar-refractivity contribution in [1.82, 2.24) is 19.2 Å². The zero-order chi connectivity index (χ0) is 14.4. The van der Waals surface area contributed by atoms with Crippen LogP contribution in [0.15, 0.2) is 16.0 Å². The molecule has 0 fully saturated rings. The van der Waals surface area contributed by atoms with Crippen LogP contribution in [0.25, 0.3) is 16.0 Å². The lowest BCUT2D eigenvalue weighted by atomic mass is 10.4. The molecule has 0 aliphatic carbocycles. The second-order valence-electron chi connectivity index (χ2n) is 4.24. The Morgan fingerprint density at radius 1 is 1.55 bits per heavy atom. The zero-order valence-corrected chi connectivity index (χ0v) is 12.4. The third-order valence-electron chi connectivity index (χ3n) is 2.79. The zero-order valence-electron chi connectivity index (χ0n) is 10.8. The fraction of sp³-hybridized carbons (Fsp3) is 0.273. The molecule has 0 saturated heterocycles. The molecule has 0 unspecified atom stereocenters. The second-order valence-corrected chi connectivity index (χ2v) is 6.25. The number of carbonyl (C=O) groups excluding carboxylic acids is 1. The van der Waals surface area contributed by atoms with Crippen molar-refractivity contribution in [2.45, 2.75) is 18.6 Å². The highest BCUT2D eigenvalue weighted by Crippen LogP contribution is 2.22. The van der Waals surface area contributed by atoms with Crippen LogP contribution in [-0.4, -0.2) is 31.3 Å². The Hall–Kier alpha value is -1.87. The molecule has 0 aliphatic rings. The number of primary amides is 1. The number of nitrogens with two attached hydrogens (primary N) is 1. The smallest absolute Gasteiger partial charge is 0.270 e. The first kappa shape index (κ1) is 13.1. The Kier molecular flexibility index (Phi) is 3.02. The molecule has 0 bridgehead atoms. The Balaban J connectivity index is 2.44. The third-order valence-corrected chi connectivity index (χ3v) is 4.36. The van der Waals surface area contributed by atoms with Crippen molar-refractivity contribution in [3.05, 3.63) is 21.3 Å². The van der Waals surface area contributed by atoms with E-state index in [1.54, 1.807) is 0 Å². The number of nitrogens with zero attached hydrogens (tertiary/aromatic N) is 4. The van der Waals surface area contributed by atoms with E-state index in [1.807, 2.05) is 19.2 Å². The van der Waals surface area contributed by atoms with Crippen molar-refractivity contribution in [2.75, 3.05) is 6.26 Å². The second kappa shape index (κ2) is 4.60. The van der Waals surface area contributed by atoms with Crippen LogP contribution in [0, 0.1) is 6.92 Å². The topological polar surface area (TPSA) is 95.3 Å². The summed E-state index contributed by atoms with van der Waals surface area (Å²) in [5, 5.41) is 5.28. The number of fused-ring (bicyclic) bond motifs is 2. The van der Waals surface area contributed by atoms with Crippen LogP contribution in [0.1, 0.15) is 4.88 Å². The van der Waals surface area contributed by atoms with Crippen LogP contribution in [0.4, 0.5) is 0 Å². The molecule has 7 nitrogen and oxygen atoms in total. The summed E-state index contributed by atoms with van der Waals surface area (Å²) in [6, 6.07) is 1.82. The molecular weight excluding hydrogens is 298 g/mol. The highest BCUT2D eigenvalue weighted by molar-refractivity contribution is 7.98. The van der Waals surface area contributed by atoms with E-state index in [1.165, 1.54) is 32.2 Å². The van der Waals surface area contributed by atoms with Gasteiger partial charge in [0.1, 0.15) is 11.4 Å². The molecule has 0 saturated carbocycles. The molecule has 1 amide bonds. The number of thiophene rings is 1. The maximum atomic E-state index is 12.5. The average molecular weight is 309 g/mol. The molecule has 0 spiro atoms. The van der Waals surface area contributed by atoms with E-state index in [0.717, 1.165) is 4.88 Å². The van der Waals surface area contributed by atoms with E-state index < -0.39 is 5.91 Å². The minimum Gasteiger partial charge on any atom is -0.368 e. The summed E-state index contributed by atoms with van der Waals surface area (Å²) in [6.07, 6.45) is 1.81. The predicted molar refractivity (Wildman–Crippen MR) is 78.3 cm³/mol. The normalized spacial score (nSPS) is 11.5. The van der Waals surface area contributed by atoms with Crippen molar-refractivity contribution in [3.63, 3.8) is 0 Å². The van der Waals surface area contributed by atoms with E-state index in [9.17, 15) is 9.59 Å². The molecule has 0 atom stereocenters. The van der Waals surface area contributed by atoms with Crippen molar-refractivity contribution in [3.8, 4) is 0 Å². The monoisotopic (exact) mass is 309 g/mol. The van der Waals surface area contributed by atoms with E-state index in [-0.39, 0.29) is 12.1 Å². The highest BCUT2D eigenvalue weighted by Gasteiger charge is 2.17. The molecule has 3 heterocycles. The van der Waals surface area contributed by atoms with Crippen molar-refractivity contribution in [2.24, 2.45) is 5.73 Å². The van der Waals surface area contributed by atoms with Crippen LogP contribution in [0.3, 0.4) is 0 Å². The van der Waals surface area contributed by atoms with Crippen molar-refractivity contribution < 1.29 is 4.79 Å². The lowest BCUT2D eigenvalue weighted by Crippen LogP contribution is -2.21. The van der Waals surface area contributed by atoms with Gasteiger partial charge in [0.15, 0.2) is 5.16 Å². The van der Waals surface area contributed by atoms with Gasteiger partial charge >= 0.3 is 0 Å². The van der Waals surface area contributed by atoms with Gasteiger partial charge in [0.05, 0.1) is 5.39 Å². The maximum absolute atomic E-state index is 12.5. The summed E-state index contributed by atoms with van der Waals surface area (Å²) < 4.78 is 2.78. The van der Waals surface area contributed by atoms with Gasteiger partial charge < -0.3 is 5.73 Å². The van der Waals surface area contributed by atoms with Gasteiger partial charge in [-0.05, 0) is 19.2 Å². The quantitative estimate of drug-likeness (QED) is 0.716. The number of aryl methyl sites for hydroxylation is 1. The minimum absolute atomic E-state index is 0.105. The molecule has 9 heteroatoms. The van der Waals surface area contributed by atoms with Crippen LogP contribution >= 0.6 is 23.1 Å². The third kappa shape index (κ3) is 1.90. The number of amides is 1. The molecule has 0 aromatic carbocycles. The summed E-state index contributed by atoms with van der Waals surface area (Å²) in [5.41, 5.74) is 5.03. The largest absolute Gasteiger partial charge is 0.368 e. The summed E-state index contributed by atoms with van der Waals surface area (Å²) in [6.45, 7) is 1.82. The Morgan fingerprint density at radius 3 is 2.95 bits per heavy atom. The number of thioether (sulfide) groups is 1. The van der Waals surface area contributed by atoms with Crippen LogP contribution in [0.5, 0.6) is 0 Å². The van der Waals surface area contributed by atoms with Gasteiger partial charge in [0.25, 0.3) is 5.56 Å². The molecule has 3 aromatic rings. The molecule has 20 heavy (non-hydrogen) atoms. The number of hydrogen-bond donors (Lipinski definition) is 1. The van der Waals surface area contributed by atoms with E-state index in [2.05, 4.69) is 10.1 Å². The summed E-state index contributed by atoms with van der Waals surface area (Å²) >= 11 is 2.76. The minimum atomic E-state index is -0.528. The lowest BCUT2D eigenvalue weighted by Gasteiger charge is -1.98. The molecule has 2 N–H and O–H groups in total. The van der Waals surface area contributed by atoms with Crippen molar-refractivity contribution in [1.29, 1.82) is 0 Å². The molecular formula is C11H11N5O2S2. The number of hydrogen-bond acceptors (Lipinski definition) is 6. The Labute approximate surface area is 121 Å². The van der Waals surface area contributed by atoms with E-state index in [4.69, 9.17) is 5.73 Å². The van der Waals surface area contributed by atoms with Gasteiger partial charge in [-0.15, -0.1) is 16.4 Å². The summed E-state index contributed by atoms with van der Waals surface area (Å²) in [7, 11) is 0. The van der Waals surface area contributed by atoms with Gasteiger partial charge in [0.2, 0.25) is 11.7 Å². The molecule has 104 valence electrons. The van der Waals surface area contributed by atoms with E-state index in [0.29, 0.717) is 21.2 Å². The maximum Gasteiger partial charge on any atom is 0.270 e. The van der Waals surface area contributed by atoms with Gasteiger partial charge in [-0.1, -0.05) is 11.8 Å². The Bertz CT molecular complexity index is 892. The van der Waals surface area contributed by atoms with Crippen LogP contribution < -0.4 is 11.3 Å². The SMILES string of the molecule is CSc1nn(CC(N)=O)c2nc3sc(C)cc3c(=O)n12. The number of rotatable bonds is 3. The average Bonchev–Trinajstić information content (AvgIpc) is 2.90. The first-order chi connectivity index (χ1) is 9.51. The van der Waals surface area contributed by atoms with E-state index >= 15 is 0 Å². The molecule has 0 radical (unpaired) electrons.